The lowest BCUT2D eigenvalue weighted by Crippen LogP contribution is -2.55. The third-order valence-corrected chi connectivity index (χ3v) is 9.92. The predicted octanol–water partition coefficient (Wildman–Crippen LogP) is 2.19. The fourth-order valence-electron chi connectivity index (χ4n) is 7.42. The van der Waals surface area contributed by atoms with Crippen LogP contribution in [0.4, 0.5) is 9.18 Å². The molecule has 3 N–H and O–H groups in total. The second kappa shape index (κ2) is 15.1. The number of hydrogen-bond donors (Lipinski definition) is 3. The molecule has 0 spiro atoms. The van der Waals surface area contributed by atoms with E-state index in [-0.39, 0.29) is 67.9 Å². The number of halogens is 1. The summed E-state index contributed by atoms with van der Waals surface area (Å²) in [5.74, 6) is -1.60. The zero-order valence-electron chi connectivity index (χ0n) is 26.9. The van der Waals surface area contributed by atoms with Crippen molar-refractivity contribution in [2.24, 2.45) is 0 Å². The summed E-state index contributed by atoms with van der Waals surface area (Å²) in [6, 6.07) is 12.1. The number of nitrogens with one attached hydrogen (secondary N) is 3. The van der Waals surface area contributed by atoms with Crippen LogP contribution in [0.15, 0.2) is 54.6 Å². The Hall–Kier alpha value is -4.52. The lowest BCUT2D eigenvalue weighted by Gasteiger charge is -2.40. The Labute approximate surface area is 279 Å². The molecule has 0 unspecified atom stereocenters. The van der Waals surface area contributed by atoms with E-state index in [1.807, 2.05) is 30.3 Å². The highest BCUT2D eigenvalue weighted by atomic mass is 19.1. The highest BCUT2D eigenvalue weighted by Crippen LogP contribution is 2.28. The molecule has 2 aromatic rings. The highest BCUT2D eigenvalue weighted by Gasteiger charge is 2.43. The van der Waals surface area contributed by atoms with Crippen molar-refractivity contribution < 1.29 is 33.1 Å². The summed E-state index contributed by atoms with van der Waals surface area (Å²) in [5, 5.41) is 8.78. The quantitative estimate of drug-likeness (QED) is 0.456. The number of carbonyl (C=O) groups excluding carboxylic acids is 5. The van der Waals surface area contributed by atoms with Gasteiger partial charge in [0.1, 0.15) is 24.5 Å². The fraction of sp³-hybridized carbons (Fsp3) is 0.514. The second-order valence-electron chi connectivity index (χ2n) is 13.1. The number of alkyl carbamates (subject to hydrolysis) is 1. The van der Waals surface area contributed by atoms with Crippen LogP contribution < -0.4 is 16.0 Å². The average molecular weight is 663 g/mol. The van der Waals surface area contributed by atoms with E-state index in [0.717, 1.165) is 18.5 Å². The summed E-state index contributed by atoms with van der Waals surface area (Å²) in [7, 11) is 0. The van der Waals surface area contributed by atoms with E-state index in [0.29, 0.717) is 38.8 Å². The van der Waals surface area contributed by atoms with Gasteiger partial charge in [0, 0.05) is 43.8 Å². The van der Waals surface area contributed by atoms with E-state index >= 15 is 0 Å². The van der Waals surface area contributed by atoms with Gasteiger partial charge in [0.05, 0.1) is 6.04 Å². The van der Waals surface area contributed by atoms with Crippen molar-refractivity contribution in [1.82, 2.24) is 30.7 Å². The van der Waals surface area contributed by atoms with Gasteiger partial charge in [-0.05, 0) is 81.3 Å². The Kier molecular flexibility index (Phi) is 10.5. The smallest absolute Gasteiger partial charge is 0.408 e. The Morgan fingerprint density at radius 1 is 0.875 bits per heavy atom. The Morgan fingerprint density at radius 2 is 1.62 bits per heavy atom. The van der Waals surface area contributed by atoms with E-state index in [1.165, 1.54) is 29.2 Å². The monoisotopic (exact) mass is 662 g/mol. The number of likely N-dealkylation sites (tertiary alicyclic amines) is 1. The normalized spacial score (nSPS) is 27.0. The molecule has 5 aliphatic rings. The molecule has 7 rings (SSSR count). The summed E-state index contributed by atoms with van der Waals surface area (Å²) in [6.07, 6.45) is 3.20. The summed E-state index contributed by atoms with van der Waals surface area (Å²) < 4.78 is 19.0. The topological polar surface area (TPSA) is 140 Å². The van der Waals surface area contributed by atoms with Crippen molar-refractivity contribution in [3.8, 4) is 0 Å². The maximum absolute atomic E-state index is 13.7. The van der Waals surface area contributed by atoms with Crippen LogP contribution in [0.5, 0.6) is 0 Å². The fourth-order valence-corrected chi connectivity index (χ4v) is 7.42. The molecule has 256 valence electrons. The molecule has 13 heteroatoms. The molecule has 12 nitrogen and oxygen atoms in total. The van der Waals surface area contributed by atoms with E-state index in [1.54, 1.807) is 4.90 Å². The highest BCUT2D eigenvalue weighted by molar-refractivity contribution is 5.98. The van der Waals surface area contributed by atoms with E-state index in [9.17, 15) is 28.4 Å². The molecule has 4 bridgehead atoms. The van der Waals surface area contributed by atoms with Gasteiger partial charge in [-0.3, -0.25) is 24.1 Å². The van der Waals surface area contributed by atoms with Crippen LogP contribution in [-0.4, -0.2) is 107 Å². The number of hydrogen-bond acceptors (Lipinski definition) is 7. The maximum Gasteiger partial charge on any atom is 0.408 e. The third-order valence-electron chi connectivity index (χ3n) is 9.92. The molecular weight excluding hydrogens is 619 g/mol. The Bertz CT molecular complexity index is 1480. The van der Waals surface area contributed by atoms with Gasteiger partial charge in [0.2, 0.25) is 17.7 Å². The maximum atomic E-state index is 13.7. The molecule has 0 aromatic heterocycles. The summed E-state index contributed by atoms with van der Waals surface area (Å²) in [5.41, 5.74) is 1.07. The van der Waals surface area contributed by atoms with Crippen molar-refractivity contribution in [3.05, 3.63) is 71.5 Å². The molecular formula is C35H43FN6O6. The first-order valence-electron chi connectivity index (χ1n) is 16.9. The zero-order valence-corrected chi connectivity index (χ0v) is 26.9. The van der Waals surface area contributed by atoms with Gasteiger partial charge in [-0.25, -0.2) is 9.18 Å². The predicted molar refractivity (Wildman–Crippen MR) is 173 cm³/mol. The molecule has 4 atom stereocenters. The van der Waals surface area contributed by atoms with Crippen LogP contribution in [-0.2, 0) is 25.7 Å². The van der Waals surface area contributed by atoms with Crippen LogP contribution in [0.3, 0.4) is 0 Å². The molecule has 2 aromatic carbocycles. The molecule has 0 saturated carbocycles. The summed E-state index contributed by atoms with van der Waals surface area (Å²) in [4.78, 5) is 72.7. The van der Waals surface area contributed by atoms with Crippen LogP contribution in [0.1, 0.15) is 60.9 Å². The Balaban J connectivity index is 1.19. The first kappa shape index (κ1) is 33.4. The number of ether oxygens (including phenoxy) is 1. The largest absolute Gasteiger partial charge is 0.445 e. The minimum Gasteiger partial charge on any atom is -0.445 e. The van der Waals surface area contributed by atoms with Crippen molar-refractivity contribution in [3.63, 3.8) is 0 Å². The summed E-state index contributed by atoms with van der Waals surface area (Å²) in [6.45, 7) is 2.21. The van der Waals surface area contributed by atoms with Crippen LogP contribution in [0.2, 0.25) is 0 Å². The number of amides is 5. The minimum absolute atomic E-state index is 0.0646. The zero-order chi connectivity index (χ0) is 33.6. The van der Waals surface area contributed by atoms with Gasteiger partial charge in [-0.1, -0.05) is 30.3 Å². The molecule has 5 fully saturated rings. The van der Waals surface area contributed by atoms with E-state index < -0.39 is 35.9 Å². The second-order valence-corrected chi connectivity index (χ2v) is 13.1. The molecule has 5 saturated heterocycles. The molecule has 0 aliphatic carbocycles. The summed E-state index contributed by atoms with van der Waals surface area (Å²) >= 11 is 0. The van der Waals surface area contributed by atoms with Crippen molar-refractivity contribution in [2.45, 2.75) is 81.8 Å². The molecule has 0 radical (unpaired) electrons. The van der Waals surface area contributed by atoms with Crippen LogP contribution >= 0.6 is 0 Å². The molecule has 5 amide bonds. The molecule has 5 heterocycles. The number of benzene rings is 2. The SMILES string of the molecule is O=C(N[C@H]1CCCNC(=O)[C@@H]2C[C@H](CN2C(=O)c2ccc(F)cc2)NC(=O)[C@H]2CCCN2C2CCN(CC2)C1=O)OCc1ccccc1. The third kappa shape index (κ3) is 7.78. The van der Waals surface area contributed by atoms with Gasteiger partial charge >= 0.3 is 6.09 Å². The molecule has 48 heavy (non-hydrogen) atoms. The first-order valence-corrected chi connectivity index (χ1v) is 16.9. The van der Waals surface area contributed by atoms with Crippen molar-refractivity contribution >= 4 is 29.7 Å². The van der Waals surface area contributed by atoms with Crippen molar-refractivity contribution in [1.29, 1.82) is 0 Å². The lowest BCUT2D eigenvalue weighted by atomic mass is 10.00. The minimum atomic E-state index is -0.850. The van der Waals surface area contributed by atoms with E-state index in [4.69, 9.17) is 4.74 Å². The van der Waals surface area contributed by atoms with Gasteiger partial charge in [0.25, 0.3) is 5.91 Å². The van der Waals surface area contributed by atoms with Gasteiger partial charge in [-0.2, -0.15) is 0 Å². The molecule has 5 aliphatic heterocycles. The van der Waals surface area contributed by atoms with Crippen LogP contribution in [0, 0.1) is 5.82 Å². The number of piperidine rings is 1. The number of fused-ring (bicyclic) bond motifs is 9. The van der Waals surface area contributed by atoms with Gasteiger partial charge in [-0.15, -0.1) is 0 Å². The Morgan fingerprint density at radius 3 is 2.38 bits per heavy atom. The average Bonchev–Trinajstić information content (AvgIpc) is 3.77. The van der Waals surface area contributed by atoms with Crippen molar-refractivity contribution in [2.75, 3.05) is 32.7 Å². The lowest BCUT2D eigenvalue weighted by molar-refractivity contribution is -0.136. The van der Waals surface area contributed by atoms with Gasteiger partial charge < -0.3 is 30.5 Å². The number of rotatable bonds is 4. The van der Waals surface area contributed by atoms with Crippen LogP contribution in [0.25, 0.3) is 0 Å². The van der Waals surface area contributed by atoms with Gasteiger partial charge in [0.15, 0.2) is 0 Å². The number of nitrogens with zero attached hydrogens (tertiary/aromatic N) is 3. The first-order chi connectivity index (χ1) is 23.3. The number of carbonyl (C=O) groups is 5. The standard InChI is InChI=1S/C35H43FN6O6/c36-25-12-10-24(11-13-25)33(45)42-21-26-20-30(42)31(43)37-16-4-8-28(39-35(47)48-22-23-6-2-1-3-7-23)34(46)40-18-14-27(15-19-40)41-17-5-9-29(41)32(44)38-26/h1-3,6-7,10-13,26-30H,4-5,8-9,14-22H2,(H,37,43)(H,38,44)(H,39,47)/t26-,28+,29-,30+/m1/s1. The van der Waals surface area contributed by atoms with E-state index in [2.05, 4.69) is 20.9 Å².